The molecule has 0 aliphatic heterocycles. The van der Waals surface area contributed by atoms with E-state index in [1.54, 1.807) is 0 Å². The van der Waals surface area contributed by atoms with Crippen molar-refractivity contribution in [3.63, 3.8) is 0 Å². The average Bonchev–Trinajstić information content (AvgIpc) is 3.13. The van der Waals surface area contributed by atoms with Gasteiger partial charge in [-0.1, -0.05) is 47.0 Å². The summed E-state index contributed by atoms with van der Waals surface area (Å²) in [5.41, 5.74) is -0.727. The molecular formula is C16H10F2N4O4S3. The molecule has 0 amide bonds. The minimum atomic E-state index is -0.683. The van der Waals surface area contributed by atoms with Gasteiger partial charge < -0.3 is 0 Å². The Kier molecular flexibility index (Phi) is 6.71. The molecule has 3 aromatic rings. The standard InChI is InChI=1S/C16H10F2N4O4S3/c17-11-3-1-5-13(21(23)24)9(11)7-27-15-19-20-16(29-15)28-8-10-12(18)4-2-6-14(10)22(25)26/h1-6H,7-8H2. The SMILES string of the molecule is O=[N+]([O-])c1cccc(F)c1CSc1nnc(SCc2c(F)cccc2[N+](=O)[O-])s1. The second kappa shape index (κ2) is 9.24. The first-order valence-electron chi connectivity index (χ1n) is 7.79. The highest BCUT2D eigenvalue weighted by Gasteiger charge is 2.20. The predicted molar refractivity (Wildman–Crippen MR) is 105 cm³/mol. The molecular weight excluding hydrogens is 446 g/mol. The molecule has 0 unspecified atom stereocenters. The van der Waals surface area contributed by atoms with Crippen molar-refractivity contribution in [3.8, 4) is 0 Å². The van der Waals surface area contributed by atoms with Gasteiger partial charge in [-0.2, -0.15) is 0 Å². The maximum absolute atomic E-state index is 13.9. The normalized spacial score (nSPS) is 10.8. The first-order valence-corrected chi connectivity index (χ1v) is 10.6. The van der Waals surface area contributed by atoms with Crippen LogP contribution in [-0.4, -0.2) is 20.0 Å². The van der Waals surface area contributed by atoms with Crippen LogP contribution in [0.1, 0.15) is 11.1 Å². The van der Waals surface area contributed by atoms with E-state index in [1.807, 2.05) is 0 Å². The zero-order chi connectivity index (χ0) is 21.0. The molecule has 0 saturated heterocycles. The van der Waals surface area contributed by atoms with E-state index < -0.39 is 21.5 Å². The Morgan fingerprint density at radius 3 is 1.62 bits per heavy atom. The van der Waals surface area contributed by atoms with E-state index in [4.69, 9.17) is 0 Å². The molecule has 0 atom stereocenters. The van der Waals surface area contributed by atoms with Gasteiger partial charge in [0.2, 0.25) is 0 Å². The van der Waals surface area contributed by atoms with Crippen molar-refractivity contribution in [2.24, 2.45) is 0 Å². The van der Waals surface area contributed by atoms with Gasteiger partial charge in [0.1, 0.15) is 11.6 Å². The van der Waals surface area contributed by atoms with Crippen LogP contribution >= 0.6 is 34.9 Å². The molecule has 29 heavy (non-hydrogen) atoms. The lowest BCUT2D eigenvalue weighted by molar-refractivity contribution is -0.385. The highest BCUT2D eigenvalue weighted by atomic mass is 32.2. The Morgan fingerprint density at radius 1 is 0.828 bits per heavy atom. The van der Waals surface area contributed by atoms with Crippen LogP contribution in [0.15, 0.2) is 45.1 Å². The van der Waals surface area contributed by atoms with E-state index in [-0.39, 0.29) is 34.0 Å². The number of halogens is 2. The van der Waals surface area contributed by atoms with Gasteiger partial charge in [-0.15, -0.1) is 10.2 Å². The summed E-state index contributed by atoms with van der Waals surface area (Å²) in [4.78, 5) is 20.8. The summed E-state index contributed by atoms with van der Waals surface area (Å²) in [5, 5.41) is 29.9. The minimum Gasteiger partial charge on any atom is -0.258 e. The van der Waals surface area contributed by atoms with Crippen LogP contribution in [0.4, 0.5) is 20.2 Å². The number of nitro benzene ring substituents is 2. The van der Waals surface area contributed by atoms with E-state index in [1.165, 1.54) is 24.3 Å². The zero-order valence-electron chi connectivity index (χ0n) is 14.3. The summed E-state index contributed by atoms with van der Waals surface area (Å²) in [6.07, 6.45) is 0. The Bertz CT molecular complexity index is 998. The van der Waals surface area contributed by atoms with Crippen molar-refractivity contribution in [1.82, 2.24) is 10.2 Å². The fraction of sp³-hybridized carbons (Fsp3) is 0.125. The number of aromatic nitrogens is 2. The first kappa shape index (κ1) is 21.1. The quantitative estimate of drug-likeness (QED) is 0.258. The van der Waals surface area contributed by atoms with Crippen LogP contribution in [0.3, 0.4) is 0 Å². The van der Waals surface area contributed by atoms with Crippen LogP contribution in [0.5, 0.6) is 0 Å². The fourth-order valence-electron chi connectivity index (χ4n) is 2.30. The third-order valence-corrected chi connectivity index (χ3v) is 6.89. The molecule has 1 aromatic heterocycles. The highest BCUT2D eigenvalue weighted by Crippen LogP contribution is 2.36. The van der Waals surface area contributed by atoms with Crippen molar-refractivity contribution in [3.05, 3.63) is 79.4 Å². The molecule has 3 rings (SSSR count). The largest absolute Gasteiger partial charge is 0.276 e. The van der Waals surface area contributed by atoms with Crippen molar-refractivity contribution >= 4 is 46.2 Å². The predicted octanol–water partition coefficient (Wildman–Crippen LogP) is 5.22. The molecule has 1 heterocycles. The fourth-order valence-corrected chi connectivity index (χ4v) is 5.38. The third kappa shape index (κ3) is 5.05. The summed E-state index contributed by atoms with van der Waals surface area (Å²) >= 11 is 3.29. The van der Waals surface area contributed by atoms with Crippen molar-refractivity contribution in [2.45, 2.75) is 20.2 Å². The molecule has 0 aliphatic carbocycles. The lowest BCUT2D eigenvalue weighted by atomic mass is 10.2. The highest BCUT2D eigenvalue weighted by molar-refractivity contribution is 8.02. The van der Waals surface area contributed by atoms with Gasteiger partial charge in [0, 0.05) is 23.6 Å². The minimum absolute atomic E-state index is 0.0128. The smallest absolute Gasteiger partial charge is 0.258 e. The van der Waals surface area contributed by atoms with Gasteiger partial charge in [-0.3, -0.25) is 20.2 Å². The Balaban J connectivity index is 1.68. The average molecular weight is 456 g/mol. The molecule has 0 aliphatic rings. The number of benzene rings is 2. The summed E-state index contributed by atoms with van der Waals surface area (Å²) in [5.74, 6) is -1.39. The summed E-state index contributed by atoms with van der Waals surface area (Å²) in [6, 6.07) is 7.27. The van der Waals surface area contributed by atoms with E-state index in [0.717, 1.165) is 47.0 Å². The topological polar surface area (TPSA) is 112 Å². The zero-order valence-corrected chi connectivity index (χ0v) is 16.7. The summed E-state index contributed by atoms with van der Waals surface area (Å²) < 4.78 is 28.7. The molecule has 8 nitrogen and oxygen atoms in total. The summed E-state index contributed by atoms with van der Waals surface area (Å²) in [6.45, 7) is 0. The van der Waals surface area contributed by atoms with Gasteiger partial charge in [0.25, 0.3) is 11.4 Å². The van der Waals surface area contributed by atoms with Crippen LogP contribution in [-0.2, 0) is 11.5 Å². The molecule has 0 radical (unpaired) electrons. The summed E-state index contributed by atoms with van der Waals surface area (Å²) in [7, 11) is 0. The van der Waals surface area contributed by atoms with Crippen molar-refractivity contribution in [1.29, 1.82) is 0 Å². The second-order valence-corrected chi connectivity index (χ2v) is 8.82. The molecule has 0 spiro atoms. The van der Waals surface area contributed by atoms with E-state index in [2.05, 4.69) is 10.2 Å². The third-order valence-electron chi connectivity index (χ3n) is 3.65. The second-order valence-electron chi connectivity index (χ2n) is 5.40. The van der Waals surface area contributed by atoms with E-state index in [9.17, 15) is 29.0 Å². The molecule has 0 saturated carbocycles. The number of nitrogens with zero attached hydrogens (tertiary/aromatic N) is 4. The van der Waals surface area contributed by atoms with Gasteiger partial charge >= 0.3 is 0 Å². The Labute approximate surface area is 174 Å². The number of hydrogen-bond acceptors (Lipinski definition) is 9. The number of nitro groups is 2. The maximum atomic E-state index is 13.9. The van der Waals surface area contributed by atoms with Crippen LogP contribution in [0, 0.1) is 31.9 Å². The number of rotatable bonds is 8. The number of thioether (sulfide) groups is 2. The van der Waals surface area contributed by atoms with Gasteiger partial charge in [-0.05, 0) is 12.1 Å². The monoisotopic (exact) mass is 456 g/mol. The molecule has 0 N–H and O–H groups in total. The molecule has 0 fully saturated rings. The van der Waals surface area contributed by atoms with Gasteiger partial charge in [0.15, 0.2) is 8.68 Å². The molecule has 150 valence electrons. The maximum Gasteiger partial charge on any atom is 0.276 e. The lowest BCUT2D eigenvalue weighted by Gasteiger charge is -2.02. The van der Waals surface area contributed by atoms with Gasteiger partial charge in [0.05, 0.1) is 21.0 Å². The first-order chi connectivity index (χ1) is 13.9. The van der Waals surface area contributed by atoms with E-state index in [0.29, 0.717) is 8.68 Å². The molecule has 0 bridgehead atoms. The Morgan fingerprint density at radius 2 is 1.24 bits per heavy atom. The van der Waals surface area contributed by atoms with Crippen LogP contribution < -0.4 is 0 Å². The lowest BCUT2D eigenvalue weighted by Crippen LogP contribution is -1.97. The van der Waals surface area contributed by atoms with Gasteiger partial charge in [-0.25, -0.2) is 8.78 Å². The molecule has 13 heteroatoms. The van der Waals surface area contributed by atoms with E-state index >= 15 is 0 Å². The van der Waals surface area contributed by atoms with Crippen molar-refractivity contribution in [2.75, 3.05) is 0 Å². The number of hydrogen-bond donors (Lipinski definition) is 0. The van der Waals surface area contributed by atoms with Crippen LogP contribution in [0.25, 0.3) is 0 Å². The molecule has 2 aromatic carbocycles. The van der Waals surface area contributed by atoms with Crippen molar-refractivity contribution < 1.29 is 18.6 Å². The van der Waals surface area contributed by atoms with Crippen LogP contribution in [0.2, 0.25) is 0 Å². The Hall–Kier alpha value is -2.64.